The Kier molecular flexibility index (Phi) is 3.98. The van der Waals surface area contributed by atoms with Gasteiger partial charge in [-0.2, -0.15) is 0 Å². The summed E-state index contributed by atoms with van der Waals surface area (Å²) in [6, 6.07) is 0. The molecule has 1 N–H and O–H groups in total. The minimum atomic E-state index is -0.893. The first-order valence-electron chi connectivity index (χ1n) is 5.79. The van der Waals surface area contributed by atoms with Gasteiger partial charge in [0.15, 0.2) is 5.13 Å². The van der Waals surface area contributed by atoms with Crippen LogP contribution in [0.25, 0.3) is 6.08 Å². The van der Waals surface area contributed by atoms with Crippen LogP contribution in [0.15, 0.2) is 5.57 Å². The van der Waals surface area contributed by atoms with Gasteiger partial charge in [-0.05, 0) is 19.9 Å². The van der Waals surface area contributed by atoms with Crippen molar-refractivity contribution >= 4 is 28.5 Å². The molecule has 0 atom stereocenters. The summed E-state index contributed by atoms with van der Waals surface area (Å²) in [6.45, 7) is 6.62. The van der Waals surface area contributed by atoms with E-state index in [4.69, 9.17) is 9.84 Å². The van der Waals surface area contributed by atoms with Gasteiger partial charge in [0.05, 0.1) is 23.8 Å². The lowest BCUT2D eigenvalue weighted by molar-refractivity contribution is -0.132. The van der Waals surface area contributed by atoms with Gasteiger partial charge >= 0.3 is 5.97 Å². The lowest BCUT2D eigenvalue weighted by Gasteiger charge is -2.25. The van der Waals surface area contributed by atoms with Crippen LogP contribution in [0.1, 0.15) is 17.5 Å². The highest BCUT2D eigenvalue weighted by Gasteiger charge is 2.16. The third kappa shape index (κ3) is 2.88. The largest absolute Gasteiger partial charge is 0.478 e. The van der Waals surface area contributed by atoms with Crippen molar-refractivity contribution in [2.45, 2.75) is 13.8 Å². The first-order chi connectivity index (χ1) is 8.58. The van der Waals surface area contributed by atoms with Crippen LogP contribution in [0, 0.1) is 6.92 Å². The van der Waals surface area contributed by atoms with Crippen LogP contribution >= 0.6 is 11.3 Å². The molecular formula is C12H16N2O3S. The van der Waals surface area contributed by atoms with Gasteiger partial charge in [0.2, 0.25) is 0 Å². The van der Waals surface area contributed by atoms with E-state index in [-0.39, 0.29) is 0 Å². The van der Waals surface area contributed by atoms with Gasteiger partial charge in [-0.15, -0.1) is 0 Å². The third-order valence-electron chi connectivity index (χ3n) is 2.79. The number of aryl methyl sites for hydroxylation is 1. The van der Waals surface area contributed by atoms with E-state index < -0.39 is 5.97 Å². The quantitative estimate of drug-likeness (QED) is 0.847. The number of aliphatic carboxylic acids is 1. The van der Waals surface area contributed by atoms with Crippen LogP contribution < -0.4 is 4.90 Å². The molecule has 6 heteroatoms. The lowest BCUT2D eigenvalue weighted by atomic mass is 10.2. The molecular weight excluding hydrogens is 252 g/mol. The van der Waals surface area contributed by atoms with Crippen LogP contribution in [0.2, 0.25) is 0 Å². The minimum Gasteiger partial charge on any atom is -0.478 e. The number of nitrogens with zero attached hydrogens (tertiary/aromatic N) is 2. The Morgan fingerprint density at radius 2 is 2.17 bits per heavy atom. The van der Waals surface area contributed by atoms with E-state index in [1.165, 1.54) is 11.3 Å². The van der Waals surface area contributed by atoms with Gasteiger partial charge in [-0.3, -0.25) is 0 Å². The summed E-state index contributed by atoms with van der Waals surface area (Å²) < 4.78 is 5.30. The number of rotatable bonds is 3. The second kappa shape index (κ2) is 5.49. The van der Waals surface area contributed by atoms with Crippen molar-refractivity contribution in [3.8, 4) is 0 Å². The van der Waals surface area contributed by atoms with E-state index in [1.54, 1.807) is 13.0 Å². The summed E-state index contributed by atoms with van der Waals surface area (Å²) in [5.74, 6) is -0.893. The molecule has 0 unspecified atom stereocenters. The van der Waals surface area contributed by atoms with E-state index in [9.17, 15) is 4.79 Å². The SMILES string of the molecule is CC(=Cc1sc(N2CCOCC2)nc1C)C(=O)O. The molecule has 2 rings (SSSR count). The maximum atomic E-state index is 10.8. The van der Waals surface area contributed by atoms with Crippen LogP contribution in [-0.4, -0.2) is 42.4 Å². The predicted octanol–water partition coefficient (Wildman–Crippen LogP) is 1.78. The molecule has 1 fully saturated rings. The zero-order chi connectivity index (χ0) is 13.1. The second-order valence-electron chi connectivity index (χ2n) is 4.18. The Morgan fingerprint density at radius 3 is 2.78 bits per heavy atom. The van der Waals surface area contributed by atoms with Crippen LogP contribution in [0.4, 0.5) is 5.13 Å². The Morgan fingerprint density at radius 1 is 1.50 bits per heavy atom. The number of hydrogen-bond acceptors (Lipinski definition) is 5. The number of aromatic nitrogens is 1. The van der Waals surface area contributed by atoms with Crippen molar-refractivity contribution < 1.29 is 14.6 Å². The molecule has 0 aliphatic carbocycles. The van der Waals surface area contributed by atoms with Gasteiger partial charge in [-0.25, -0.2) is 9.78 Å². The smallest absolute Gasteiger partial charge is 0.331 e. The molecule has 1 aromatic rings. The molecule has 0 bridgehead atoms. The van der Waals surface area contributed by atoms with Crippen molar-refractivity contribution in [3.05, 3.63) is 16.1 Å². The van der Waals surface area contributed by atoms with Crippen LogP contribution in [0.3, 0.4) is 0 Å². The minimum absolute atomic E-state index is 0.329. The van der Waals surface area contributed by atoms with E-state index in [0.717, 1.165) is 42.0 Å². The summed E-state index contributed by atoms with van der Waals surface area (Å²) in [7, 11) is 0. The molecule has 1 saturated heterocycles. The molecule has 1 aliphatic heterocycles. The average Bonchev–Trinajstić information content (AvgIpc) is 2.72. The number of morpholine rings is 1. The fourth-order valence-electron chi connectivity index (χ4n) is 1.68. The number of anilines is 1. The molecule has 1 aromatic heterocycles. The van der Waals surface area contributed by atoms with Crippen molar-refractivity contribution in [1.82, 2.24) is 4.98 Å². The molecule has 5 nitrogen and oxygen atoms in total. The first-order valence-corrected chi connectivity index (χ1v) is 6.61. The maximum Gasteiger partial charge on any atom is 0.331 e. The molecule has 0 spiro atoms. The summed E-state index contributed by atoms with van der Waals surface area (Å²) in [6.07, 6.45) is 1.68. The summed E-state index contributed by atoms with van der Waals surface area (Å²) in [5, 5.41) is 9.82. The summed E-state index contributed by atoms with van der Waals surface area (Å²) >= 11 is 1.53. The predicted molar refractivity (Wildman–Crippen MR) is 71.2 cm³/mol. The molecule has 98 valence electrons. The fourth-order valence-corrected chi connectivity index (χ4v) is 2.80. The van der Waals surface area contributed by atoms with Crippen LogP contribution in [0.5, 0.6) is 0 Å². The Balaban J connectivity index is 2.21. The van der Waals surface area contributed by atoms with Crippen molar-refractivity contribution in [2.24, 2.45) is 0 Å². The van der Waals surface area contributed by atoms with Crippen molar-refractivity contribution in [3.63, 3.8) is 0 Å². The molecule has 2 heterocycles. The molecule has 0 aromatic carbocycles. The highest BCUT2D eigenvalue weighted by molar-refractivity contribution is 7.16. The van der Waals surface area contributed by atoms with Gasteiger partial charge < -0.3 is 14.7 Å². The monoisotopic (exact) mass is 268 g/mol. The first kappa shape index (κ1) is 13.0. The van der Waals surface area contributed by atoms with Crippen molar-refractivity contribution in [1.29, 1.82) is 0 Å². The molecule has 0 radical (unpaired) electrons. The topological polar surface area (TPSA) is 62.7 Å². The van der Waals surface area contributed by atoms with E-state index in [1.807, 2.05) is 6.92 Å². The number of hydrogen-bond donors (Lipinski definition) is 1. The molecule has 18 heavy (non-hydrogen) atoms. The number of carboxylic acid groups (broad SMARTS) is 1. The zero-order valence-corrected chi connectivity index (χ0v) is 11.3. The molecule has 0 amide bonds. The van der Waals surface area contributed by atoms with Gasteiger partial charge in [0, 0.05) is 18.7 Å². The third-order valence-corrected chi connectivity index (χ3v) is 3.95. The zero-order valence-electron chi connectivity index (χ0n) is 10.5. The maximum absolute atomic E-state index is 10.8. The fraction of sp³-hybridized carbons (Fsp3) is 0.500. The van der Waals surface area contributed by atoms with Gasteiger partial charge in [-0.1, -0.05) is 11.3 Å². The standard InChI is InChI=1S/C12H16N2O3S/c1-8(11(15)16)7-10-9(2)13-12(18-10)14-3-5-17-6-4-14/h7H,3-6H2,1-2H3,(H,15,16). The van der Waals surface area contributed by atoms with Crippen molar-refractivity contribution in [2.75, 3.05) is 31.2 Å². The average molecular weight is 268 g/mol. The lowest BCUT2D eigenvalue weighted by Crippen LogP contribution is -2.36. The Hall–Kier alpha value is -1.40. The van der Waals surface area contributed by atoms with Gasteiger partial charge in [0.25, 0.3) is 0 Å². The van der Waals surface area contributed by atoms with Gasteiger partial charge in [0.1, 0.15) is 0 Å². The Labute approximate surface area is 110 Å². The Bertz CT molecular complexity index is 476. The van der Waals surface area contributed by atoms with E-state index >= 15 is 0 Å². The number of carbonyl (C=O) groups is 1. The second-order valence-corrected chi connectivity index (χ2v) is 5.19. The van der Waals surface area contributed by atoms with E-state index in [0.29, 0.717) is 5.57 Å². The number of carboxylic acids is 1. The molecule has 0 saturated carbocycles. The summed E-state index contributed by atoms with van der Waals surface area (Å²) in [5.41, 5.74) is 1.21. The van der Waals surface area contributed by atoms with Crippen LogP contribution in [-0.2, 0) is 9.53 Å². The summed E-state index contributed by atoms with van der Waals surface area (Å²) in [4.78, 5) is 18.4. The number of ether oxygens (including phenoxy) is 1. The number of thiazole rings is 1. The highest BCUT2D eigenvalue weighted by Crippen LogP contribution is 2.28. The normalized spacial score (nSPS) is 17.0. The molecule has 1 aliphatic rings. The van der Waals surface area contributed by atoms with E-state index in [2.05, 4.69) is 9.88 Å². The highest BCUT2D eigenvalue weighted by atomic mass is 32.1.